The van der Waals surface area contributed by atoms with Crippen LogP contribution in [0, 0.1) is 11.3 Å². The second-order valence-corrected chi connectivity index (χ2v) is 5.29. The molecule has 0 spiro atoms. The minimum absolute atomic E-state index is 0.433. The smallest absolute Gasteiger partial charge is 0.328 e. The van der Waals surface area contributed by atoms with Gasteiger partial charge in [-0.05, 0) is 31.5 Å². The molecule has 1 aromatic rings. The molecule has 1 heterocycles. The van der Waals surface area contributed by atoms with E-state index in [9.17, 15) is 14.4 Å². The second kappa shape index (κ2) is 5.15. The molecular weight excluding hydrogens is 286 g/mol. The summed E-state index contributed by atoms with van der Waals surface area (Å²) in [5, 5.41) is 17.9. The molecule has 3 amide bonds. The van der Waals surface area contributed by atoms with Crippen molar-refractivity contribution in [2.75, 3.05) is 7.05 Å². The first-order valence-electron chi connectivity index (χ1n) is 6.60. The molecule has 0 bridgehead atoms. The van der Waals surface area contributed by atoms with Crippen LogP contribution < -0.4 is 0 Å². The summed E-state index contributed by atoms with van der Waals surface area (Å²) in [5.41, 5.74) is -0.343. The Labute approximate surface area is 127 Å². The van der Waals surface area contributed by atoms with Crippen LogP contribution >= 0.6 is 0 Å². The molecular formula is C15H15N3O4. The average Bonchev–Trinajstić information content (AvgIpc) is 2.68. The Bertz CT molecular complexity index is 692. The Morgan fingerprint density at radius 2 is 1.86 bits per heavy atom. The minimum atomic E-state index is -1.30. The lowest BCUT2D eigenvalue weighted by Crippen LogP contribution is -2.45. The molecule has 2 atom stereocenters. The van der Waals surface area contributed by atoms with Gasteiger partial charge < -0.3 is 10.0 Å². The summed E-state index contributed by atoms with van der Waals surface area (Å²) >= 11 is 0. The van der Waals surface area contributed by atoms with Gasteiger partial charge in [0.25, 0.3) is 5.91 Å². The fourth-order valence-corrected chi connectivity index (χ4v) is 2.46. The van der Waals surface area contributed by atoms with Crippen LogP contribution in [0.4, 0.5) is 4.79 Å². The van der Waals surface area contributed by atoms with Gasteiger partial charge in [-0.1, -0.05) is 12.1 Å². The molecule has 2 unspecified atom stereocenters. The van der Waals surface area contributed by atoms with E-state index in [2.05, 4.69) is 0 Å². The van der Waals surface area contributed by atoms with Crippen LogP contribution in [0.1, 0.15) is 25.0 Å². The molecule has 7 nitrogen and oxygen atoms in total. The quantitative estimate of drug-likeness (QED) is 0.843. The normalized spacial score (nSPS) is 22.6. The maximum atomic E-state index is 12.7. The number of likely N-dealkylation sites (N-methyl/N-ethyl adjacent to an activating group) is 1. The van der Waals surface area contributed by atoms with Gasteiger partial charge in [0.05, 0.1) is 11.6 Å². The highest BCUT2D eigenvalue weighted by Gasteiger charge is 2.55. The Hall–Kier alpha value is -2.88. The molecule has 2 rings (SSSR count). The Balaban J connectivity index is 2.49. The molecule has 7 heteroatoms. The van der Waals surface area contributed by atoms with E-state index in [0.717, 1.165) is 4.90 Å². The number of hydrogen-bond acceptors (Lipinski definition) is 4. The van der Waals surface area contributed by atoms with Crippen LogP contribution in [0.15, 0.2) is 24.3 Å². The Morgan fingerprint density at radius 1 is 1.32 bits per heavy atom. The van der Waals surface area contributed by atoms with E-state index in [1.165, 1.54) is 18.9 Å². The van der Waals surface area contributed by atoms with Crippen LogP contribution in [-0.2, 0) is 15.1 Å². The van der Waals surface area contributed by atoms with Gasteiger partial charge in [0.1, 0.15) is 11.6 Å². The summed E-state index contributed by atoms with van der Waals surface area (Å²) in [5.74, 6) is -1.85. The van der Waals surface area contributed by atoms with Crippen molar-refractivity contribution in [2.45, 2.75) is 25.4 Å². The molecule has 0 aromatic heterocycles. The standard InChI is InChI=1S/C15H15N3O4/c1-9(12(19)20)18-13(21)15(2,17(3)14(18)22)11-6-4-10(8-16)5-7-11/h4-7,9H,1-3H3,(H,19,20). The van der Waals surface area contributed by atoms with Gasteiger partial charge in [-0.3, -0.25) is 4.79 Å². The zero-order valence-electron chi connectivity index (χ0n) is 12.4. The highest BCUT2D eigenvalue weighted by molar-refractivity contribution is 6.09. The van der Waals surface area contributed by atoms with Crippen molar-refractivity contribution in [3.05, 3.63) is 35.4 Å². The van der Waals surface area contributed by atoms with Gasteiger partial charge in [0.15, 0.2) is 0 Å². The van der Waals surface area contributed by atoms with E-state index in [4.69, 9.17) is 10.4 Å². The van der Waals surface area contributed by atoms with Crippen molar-refractivity contribution in [2.24, 2.45) is 0 Å². The van der Waals surface area contributed by atoms with Crippen molar-refractivity contribution in [1.29, 1.82) is 5.26 Å². The molecule has 22 heavy (non-hydrogen) atoms. The van der Waals surface area contributed by atoms with Gasteiger partial charge in [0, 0.05) is 7.05 Å². The molecule has 1 fully saturated rings. The van der Waals surface area contributed by atoms with Crippen LogP contribution in [0.2, 0.25) is 0 Å². The number of carbonyl (C=O) groups is 3. The zero-order valence-corrected chi connectivity index (χ0v) is 12.4. The summed E-state index contributed by atoms with van der Waals surface area (Å²) in [7, 11) is 1.45. The molecule has 0 saturated carbocycles. The predicted molar refractivity (Wildman–Crippen MR) is 75.6 cm³/mol. The van der Waals surface area contributed by atoms with E-state index in [1.54, 1.807) is 31.2 Å². The summed E-state index contributed by atoms with van der Waals surface area (Å²) < 4.78 is 0. The van der Waals surface area contributed by atoms with E-state index in [-0.39, 0.29) is 0 Å². The SMILES string of the molecule is CC(C(=O)O)N1C(=O)N(C)C(C)(c2ccc(C#N)cc2)C1=O. The number of imide groups is 1. The van der Waals surface area contributed by atoms with Crippen molar-refractivity contribution in [3.63, 3.8) is 0 Å². The molecule has 0 aliphatic carbocycles. The van der Waals surface area contributed by atoms with Gasteiger partial charge >= 0.3 is 12.0 Å². The maximum Gasteiger partial charge on any atom is 0.328 e. The average molecular weight is 301 g/mol. The lowest BCUT2D eigenvalue weighted by molar-refractivity contribution is -0.147. The number of hydrogen-bond donors (Lipinski definition) is 1. The number of carbonyl (C=O) groups excluding carboxylic acids is 2. The molecule has 1 aliphatic rings. The third-order valence-electron chi connectivity index (χ3n) is 4.12. The Kier molecular flexibility index (Phi) is 3.63. The minimum Gasteiger partial charge on any atom is -0.480 e. The molecule has 1 saturated heterocycles. The highest BCUT2D eigenvalue weighted by atomic mass is 16.4. The van der Waals surface area contributed by atoms with Gasteiger partial charge in [-0.15, -0.1) is 0 Å². The van der Waals surface area contributed by atoms with Crippen molar-refractivity contribution in [1.82, 2.24) is 9.80 Å². The van der Waals surface area contributed by atoms with E-state index < -0.39 is 29.5 Å². The van der Waals surface area contributed by atoms with E-state index in [0.29, 0.717) is 11.1 Å². The fourth-order valence-electron chi connectivity index (χ4n) is 2.46. The molecule has 1 aliphatic heterocycles. The van der Waals surface area contributed by atoms with Crippen molar-refractivity contribution < 1.29 is 19.5 Å². The first-order valence-corrected chi connectivity index (χ1v) is 6.60. The number of aliphatic carboxylic acids is 1. The van der Waals surface area contributed by atoms with Crippen molar-refractivity contribution >= 4 is 17.9 Å². The van der Waals surface area contributed by atoms with Crippen LogP contribution in [0.5, 0.6) is 0 Å². The van der Waals surface area contributed by atoms with Crippen LogP contribution in [0.3, 0.4) is 0 Å². The third-order valence-corrected chi connectivity index (χ3v) is 4.12. The monoisotopic (exact) mass is 301 g/mol. The summed E-state index contributed by atoms with van der Waals surface area (Å²) in [6, 6.07) is 6.36. The Morgan fingerprint density at radius 3 is 2.32 bits per heavy atom. The fraction of sp³-hybridized carbons (Fsp3) is 0.333. The van der Waals surface area contributed by atoms with E-state index >= 15 is 0 Å². The predicted octanol–water partition coefficient (Wildman–Crippen LogP) is 1.14. The number of nitrogens with zero attached hydrogens (tertiary/aromatic N) is 3. The molecule has 1 aromatic carbocycles. The lowest BCUT2D eigenvalue weighted by atomic mass is 9.90. The summed E-state index contributed by atoms with van der Waals surface area (Å²) in [6.07, 6.45) is 0. The number of carboxylic acid groups (broad SMARTS) is 1. The van der Waals surface area contributed by atoms with Gasteiger partial charge in [0.2, 0.25) is 0 Å². The summed E-state index contributed by atoms with van der Waals surface area (Å²) in [6.45, 7) is 2.85. The first-order chi connectivity index (χ1) is 10.2. The largest absolute Gasteiger partial charge is 0.480 e. The van der Waals surface area contributed by atoms with E-state index in [1.807, 2.05) is 6.07 Å². The number of nitriles is 1. The number of benzene rings is 1. The van der Waals surface area contributed by atoms with Gasteiger partial charge in [-0.2, -0.15) is 5.26 Å². The van der Waals surface area contributed by atoms with Crippen LogP contribution in [-0.4, -0.2) is 45.9 Å². The zero-order chi connectivity index (χ0) is 16.7. The summed E-state index contributed by atoms with van der Waals surface area (Å²) in [4.78, 5) is 38.1. The maximum absolute atomic E-state index is 12.7. The number of rotatable bonds is 3. The number of amides is 3. The topological polar surface area (TPSA) is 102 Å². The van der Waals surface area contributed by atoms with Crippen molar-refractivity contribution in [3.8, 4) is 6.07 Å². The number of carboxylic acids is 1. The van der Waals surface area contributed by atoms with Crippen LogP contribution in [0.25, 0.3) is 0 Å². The molecule has 0 radical (unpaired) electrons. The van der Waals surface area contributed by atoms with Gasteiger partial charge in [-0.25, -0.2) is 14.5 Å². The second-order valence-electron chi connectivity index (χ2n) is 5.29. The lowest BCUT2D eigenvalue weighted by Gasteiger charge is -2.29. The molecule has 114 valence electrons. The highest BCUT2D eigenvalue weighted by Crippen LogP contribution is 2.37. The number of urea groups is 1. The molecule has 1 N–H and O–H groups in total. The third kappa shape index (κ3) is 2.00. The first kappa shape index (κ1) is 15.5.